The Balaban J connectivity index is 1.49. The molecule has 2 atom stereocenters. The minimum atomic E-state index is -3.51. The number of carbonyl (C=O) groups is 1. The van der Waals surface area contributed by atoms with Gasteiger partial charge in [-0.25, -0.2) is 8.42 Å². The third-order valence-corrected chi connectivity index (χ3v) is 7.98. The molecule has 3 rings (SSSR count). The lowest BCUT2D eigenvalue weighted by atomic mass is 9.86. The van der Waals surface area contributed by atoms with Gasteiger partial charge in [0.15, 0.2) is 6.54 Å². The average molecular weight is 425 g/mol. The highest BCUT2D eigenvalue weighted by molar-refractivity contribution is 7.89. The van der Waals surface area contributed by atoms with Crippen LogP contribution in [0.5, 0.6) is 5.75 Å². The zero-order valence-electron chi connectivity index (χ0n) is 17.5. The molecule has 1 saturated heterocycles. The Morgan fingerprint density at radius 1 is 1.17 bits per heavy atom. The lowest BCUT2D eigenvalue weighted by Crippen LogP contribution is -3.15. The summed E-state index contributed by atoms with van der Waals surface area (Å²) in [6.07, 6.45) is 4.68. The van der Waals surface area contributed by atoms with Crippen LogP contribution in [-0.2, 0) is 14.8 Å². The van der Waals surface area contributed by atoms with Crippen LogP contribution in [0.2, 0.25) is 0 Å². The van der Waals surface area contributed by atoms with Crippen molar-refractivity contribution in [2.24, 2.45) is 5.92 Å². The Morgan fingerprint density at radius 2 is 1.83 bits per heavy atom. The van der Waals surface area contributed by atoms with Crippen LogP contribution in [0.15, 0.2) is 29.2 Å². The number of nitrogens with one attached hydrogen (secondary N) is 2. The molecule has 1 saturated carbocycles. The van der Waals surface area contributed by atoms with Crippen molar-refractivity contribution in [2.75, 3.05) is 39.3 Å². The van der Waals surface area contributed by atoms with Gasteiger partial charge in [-0.2, -0.15) is 4.31 Å². The van der Waals surface area contributed by atoms with E-state index in [2.05, 4.69) is 12.2 Å². The number of nitrogens with zero attached hydrogens (tertiary/aromatic N) is 1. The standard InChI is InChI=1S/C21H33N3O4S/c1-3-28-18-8-10-19(11-9-18)29(26,27)24-14-12-23(13-15-24)16-21(25)22-20-7-5-4-6-17(20)2/h8-11,17,20H,3-7,12-16H2,1-2H3,(H,22,25)/p+1/t17-,20-/m0/s1. The van der Waals surface area contributed by atoms with Crippen LogP contribution in [0.25, 0.3) is 0 Å². The number of hydrogen-bond donors (Lipinski definition) is 2. The molecule has 0 aromatic heterocycles. The van der Waals surface area contributed by atoms with Crippen LogP contribution in [0, 0.1) is 5.92 Å². The maximum absolute atomic E-state index is 12.9. The second-order valence-corrected chi connectivity index (χ2v) is 10.1. The SMILES string of the molecule is CCOc1ccc(S(=O)(=O)N2CC[NH+](CC(=O)N[C@H]3CCCC[C@@H]3C)CC2)cc1. The van der Waals surface area contributed by atoms with Gasteiger partial charge < -0.3 is 15.0 Å². The van der Waals surface area contributed by atoms with Crippen LogP contribution in [0.1, 0.15) is 39.5 Å². The molecule has 1 aliphatic carbocycles. The third-order valence-electron chi connectivity index (χ3n) is 6.07. The first-order chi connectivity index (χ1) is 13.9. The Kier molecular flexibility index (Phi) is 7.54. The van der Waals surface area contributed by atoms with E-state index in [0.29, 0.717) is 51.0 Å². The molecule has 0 spiro atoms. The zero-order chi connectivity index (χ0) is 20.9. The van der Waals surface area contributed by atoms with Crippen LogP contribution >= 0.6 is 0 Å². The molecule has 0 unspecified atom stereocenters. The van der Waals surface area contributed by atoms with Gasteiger partial charge in [0.05, 0.1) is 37.7 Å². The van der Waals surface area contributed by atoms with Crippen molar-refractivity contribution in [1.82, 2.24) is 9.62 Å². The maximum atomic E-state index is 12.9. The van der Waals surface area contributed by atoms with Crippen molar-refractivity contribution < 1.29 is 22.8 Å². The largest absolute Gasteiger partial charge is 0.494 e. The molecule has 1 aliphatic heterocycles. The summed E-state index contributed by atoms with van der Waals surface area (Å²) in [4.78, 5) is 13.9. The molecule has 162 valence electrons. The van der Waals surface area contributed by atoms with E-state index in [0.717, 1.165) is 11.3 Å². The number of ether oxygens (including phenoxy) is 1. The number of benzene rings is 1. The molecule has 2 N–H and O–H groups in total. The predicted octanol–water partition coefficient (Wildman–Crippen LogP) is 0.669. The summed E-state index contributed by atoms with van der Waals surface area (Å²) in [5.41, 5.74) is 0. The summed E-state index contributed by atoms with van der Waals surface area (Å²) >= 11 is 0. The smallest absolute Gasteiger partial charge is 0.275 e. The van der Waals surface area contributed by atoms with E-state index in [1.54, 1.807) is 24.3 Å². The van der Waals surface area contributed by atoms with Gasteiger partial charge >= 0.3 is 0 Å². The van der Waals surface area contributed by atoms with Crippen molar-refractivity contribution >= 4 is 15.9 Å². The summed E-state index contributed by atoms with van der Waals surface area (Å²) < 4.78 is 32.7. The fraction of sp³-hybridized carbons (Fsp3) is 0.667. The first-order valence-electron chi connectivity index (χ1n) is 10.8. The molecule has 2 aliphatic rings. The number of amides is 1. The number of piperazine rings is 1. The summed E-state index contributed by atoms with van der Waals surface area (Å²) in [5.74, 6) is 1.29. The van der Waals surface area contributed by atoms with Crippen molar-refractivity contribution in [2.45, 2.75) is 50.5 Å². The fourth-order valence-corrected chi connectivity index (χ4v) is 5.70. The van der Waals surface area contributed by atoms with Crippen molar-refractivity contribution in [1.29, 1.82) is 0 Å². The Hall–Kier alpha value is -1.64. The normalized spacial score (nSPS) is 24.2. The van der Waals surface area contributed by atoms with Gasteiger partial charge in [-0.1, -0.05) is 19.8 Å². The number of hydrogen-bond acceptors (Lipinski definition) is 4. The van der Waals surface area contributed by atoms with Crippen LogP contribution < -0.4 is 15.0 Å². The Labute approximate surface area is 174 Å². The van der Waals surface area contributed by atoms with Gasteiger partial charge in [-0.15, -0.1) is 0 Å². The number of sulfonamides is 1. The topological polar surface area (TPSA) is 80.2 Å². The van der Waals surface area contributed by atoms with E-state index in [4.69, 9.17) is 4.74 Å². The summed E-state index contributed by atoms with van der Waals surface area (Å²) in [7, 11) is -3.51. The minimum Gasteiger partial charge on any atom is -0.494 e. The summed E-state index contributed by atoms with van der Waals surface area (Å²) in [6.45, 7) is 7.21. The average Bonchev–Trinajstić information content (AvgIpc) is 2.71. The quantitative estimate of drug-likeness (QED) is 0.674. The highest BCUT2D eigenvalue weighted by Gasteiger charge is 2.32. The van der Waals surface area contributed by atoms with E-state index in [-0.39, 0.29) is 16.8 Å². The Morgan fingerprint density at radius 3 is 2.45 bits per heavy atom. The van der Waals surface area contributed by atoms with Crippen LogP contribution in [0.4, 0.5) is 0 Å². The second-order valence-electron chi connectivity index (χ2n) is 8.17. The lowest BCUT2D eigenvalue weighted by Gasteiger charge is -2.33. The number of quaternary nitrogens is 1. The molecule has 1 heterocycles. The third kappa shape index (κ3) is 5.71. The molecule has 0 bridgehead atoms. The van der Waals surface area contributed by atoms with E-state index in [1.165, 1.54) is 23.6 Å². The van der Waals surface area contributed by atoms with E-state index < -0.39 is 10.0 Å². The molecule has 1 aromatic rings. The molecular weight excluding hydrogens is 390 g/mol. The first kappa shape index (κ1) is 22.1. The van der Waals surface area contributed by atoms with Gasteiger partial charge in [0.1, 0.15) is 5.75 Å². The van der Waals surface area contributed by atoms with Crippen LogP contribution in [0.3, 0.4) is 0 Å². The van der Waals surface area contributed by atoms with Gasteiger partial charge in [0.2, 0.25) is 10.0 Å². The molecule has 2 fully saturated rings. The highest BCUT2D eigenvalue weighted by Crippen LogP contribution is 2.23. The number of rotatable bonds is 7. The first-order valence-corrected chi connectivity index (χ1v) is 12.2. The molecular formula is C21H34N3O4S+. The summed E-state index contributed by atoms with van der Waals surface area (Å²) in [6, 6.07) is 6.86. The van der Waals surface area contributed by atoms with Gasteiger partial charge in [-0.05, 0) is 49.9 Å². The van der Waals surface area contributed by atoms with Gasteiger partial charge in [0, 0.05) is 6.04 Å². The monoisotopic (exact) mass is 424 g/mol. The lowest BCUT2D eigenvalue weighted by molar-refractivity contribution is -0.895. The van der Waals surface area contributed by atoms with E-state index in [1.807, 2.05) is 6.92 Å². The molecule has 8 heteroatoms. The van der Waals surface area contributed by atoms with Crippen molar-refractivity contribution in [3.8, 4) is 5.75 Å². The van der Waals surface area contributed by atoms with Gasteiger partial charge in [0.25, 0.3) is 5.91 Å². The predicted molar refractivity (Wildman–Crippen MR) is 111 cm³/mol. The maximum Gasteiger partial charge on any atom is 0.275 e. The molecule has 0 radical (unpaired) electrons. The van der Waals surface area contributed by atoms with Crippen molar-refractivity contribution in [3.63, 3.8) is 0 Å². The minimum absolute atomic E-state index is 0.0848. The zero-order valence-corrected chi connectivity index (χ0v) is 18.3. The molecule has 1 amide bonds. The van der Waals surface area contributed by atoms with E-state index in [9.17, 15) is 13.2 Å². The second kappa shape index (κ2) is 9.91. The fourth-order valence-electron chi connectivity index (χ4n) is 4.26. The van der Waals surface area contributed by atoms with Gasteiger partial charge in [-0.3, -0.25) is 4.79 Å². The molecule has 7 nitrogen and oxygen atoms in total. The van der Waals surface area contributed by atoms with Crippen LogP contribution in [-0.4, -0.2) is 64.0 Å². The number of carbonyl (C=O) groups excluding carboxylic acids is 1. The molecule has 29 heavy (non-hydrogen) atoms. The Bertz CT molecular complexity index is 774. The summed E-state index contributed by atoms with van der Waals surface area (Å²) in [5, 5.41) is 3.20. The highest BCUT2D eigenvalue weighted by atomic mass is 32.2. The van der Waals surface area contributed by atoms with Crippen molar-refractivity contribution in [3.05, 3.63) is 24.3 Å². The van der Waals surface area contributed by atoms with E-state index >= 15 is 0 Å². The molecule has 1 aromatic carbocycles.